The fourth-order valence-corrected chi connectivity index (χ4v) is 4.57. The molecule has 0 aliphatic carbocycles. The average Bonchev–Trinajstić information content (AvgIpc) is 2.28. The van der Waals surface area contributed by atoms with E-state index >= 15 is 0 Å². The summed E-state index contributed by atoms with van der Waals surface area (Å²) in [7, 11) is 0. The molecule has 0 unspecified atom stereocenters. The van der Waals surface area contributed by atoms with Crippen molar-refractivity contribution in [1.29, 1.82) is 0 Å². The van der Waals surface area contributed by atoms with Gasteiger partial charge >= 0.3 is 18.9 Å². The van der Waals surface area contributed by atoms with Crippen molar-refractivity contribution in [2.24, 2.45) is 11.8 Å². The molecule has 0 N–H and O–H groups in total. The van der Waals surface area contributed by atoms with Gasteiger partial charge in [0, 0.05) is 30.0 Å². The van der Waals surface area contributed by atoms with Gasteiger partial charge in [-0.1, -0.05) is 13.3 Å². The molecule has 0 bridgehead atoms. The second kappa shape index (κ2) is 5.57. The van der Waals surface area contributed by atoms with Gasteiger partial charge in [-0.15, -0.1) is 0 Å². The Hall–Kier alpha value is 0.0274. The van der Waals surface area contributed by atoms with Gasteiger partial charge in [0.25, 0.3) is 0 Å². The number of carbonyl (C=O) groups excluding carboxylic acids is 1. The van der Waals surface area contributed by atoms with Crippen molar-refractivity contribution in [3.63, 3.8) is 0 Å². The first-order chi connectivity index (χ1) is 8.16. The van der Waals surface area contributed by atoms with E-state index in [-0.39, 0.29) is 30.8 Å². The Morgan fingerprint density at radius 1 is 1.11 bits per heavy atom. The third kappa shape index (κ3) is 2.38. The predicted octanol–water partition coefficient (Wildman–Crippen LogP) is -1.83. The van der Waals surface area contributed by atoms with Crippen molar-refractivity contribution in [1.82, 2.24) is 4.90 Å². The minimum absolute atomic E-state index is 0. The van der Waals surface area contributed by atoms with Crippen molar-refractivity contribution in [3.05, 3.63) is 0 Å². The molecule has 3 aliphatic rings. The molecule has 0 aromatic carbocycles. The van der Waals surface area contributed by atoms with E-state index in [1.807, 2.05) is 0 Å². The van der Waals surface area contributed by atoms with E-state index < -0.39 is 5.97 Å². The molecule has 5 atom stereocenters. The van der Waals surface area contributed by atoms with Crippen LogP contribution in [0.2, 0.25) is 0 Å². The molecule has 96 valence electrons. The van der Waals surface area contributed by atoms with Gasteiger partial charge in [0.05, 0.1) is 0 Å². The molecule has 0 aromatic heterocycles. The molecule has 3 fully saturated rings. The Bertz CT molecular complexity index is 323. The van der Waals surface area contributed by atoms with Crippen LogP contribution in [0.3, 0.4) is 0 Å². The molecule has 0 spiro atoms. The maximum absolute atomic E-state index is 11.3. The molecule has 3 saturated heterocycles. The summed E-state index contributed by atoms with van der Waals surface area (Å²) >= 11 is 0. The summed E-state index contributed by atoms with van der Waals surface area (Å²) in [5.41, 5.74) is 0. The molecule has 3 rings (SSSR count). The molecular weight excluding hydrogens is 221 g/mol. The van der Waals surface area contributed by atoms with Crippen LogP contribution in [0.25, 0.3) is 0 Å². The van der Waals surface area contributed by atoms with E-state index in [0.717, 1.165) is 19.3 Å². The normalized spacial score (nSPS) is 43.7. The predicted molar refractivity (Wildman–Crippen MR) is 63.2 cm³/mol. The largest absolute Gasteiger partial charge is 1.00 e. The summed E-state index contributed by atoms with van der Waals surface area (Å²) in [6.07, 6.45) is 8.13. The number of carboxylic acid groups (broad SMARTS) is 1. The molecule has 4 heteroatoms. The SMILES string of the molecule is C[C@@H]1C[C@@H]2CCC[C@@H]3CC[C@H](C(=O)[O-])[C@H](C1)N32.[Li+]. The third-order valence-corrected chi connectivity index (χ3v) is 5.20. The van der Waals surface area contributed by atoms with E-state index in [4.69, 9.17) is 0 Å². The van der Waals surface area contributed by atoms with Gasteiger partial charge in [-0.25, -0.2) is 0 Å². The van der Waals surface area contributed by atoms with E-state index in [1.165, 1.54) is 25.7 Å². The molecule has 3 aliphatic heterocycles. The maximum Gasteiger partial charge on any atom is 1.00 e. The number of hydrogen-bond acceptors (Lipinski definition) is 3. The summed E-state index contributed by atoms with van der Waals surface area (Å²) in [5, 5.41) is 11.3. The smallest absolute Gasteiger partial charge is 0.550 e. The van der Waals surface area contributed by atoms with Gasteiger partial charge in [0.15, 0.2) is 0 Å². The Morgan fingerprint density at radius 3 is 2.56 bits per heavy atom. The first-order valence-corrected chi connectivity index (χ1v) is 7.15. The second-order valence-electron chi connectivity index (χ2n) is 6.33. The van der Waals surface area contributed by atoms with Crippen molar-refractivity contribution in [3.8, 4) is 0 Å². The average molecular weight is 243 g/mol. The van der Waals surface area contributed by atoms with Crippen molar-refractivity contribution in [2.45, 2.75) is 70.0 Å². The number of piperidine rings is 3. The summed E-state index contributed by atoms with van der Waals surface area (Å²) in [6, 6.07) is 1.60. The molecular formula is C14H22LiNO2. The summed E-state index contributed by atoms with van der Waals surface area (Å²) in [5.74, 6) is -0.346. The van der Waals surface area contributed by atoms with Gasteiger partial charge in [-0.05, 0) is 44.4 Å². The van der Waals surface area contributed by atoms with Crippen molar-refractivity contribution in [2.75, 3.05) is 0 Å². The van der Waals surface area contributed by atoms with Crippen LogP contribution < -0.4 is 24.0 Å². The van der Waals surface area contributed by atoms with Crippen molar-refractivity contribution < 1.29 is 28.8 Å². The number of aliphatic carboxylic acids is 1. The Balaban J connectivity index is 0.00000120. The van der Waals surface area contributed by atoms with Gasteiger partial charge in [0.1, 0.15) is 0 Å². The molecule has 3 nitrogen and oxygen atoms in total. The quantitative estimate of drug-likeness (QED) is 0.509. The molecule has 0 saturated carbocycles. The summed E-state index contributed by atoms with van der Waals surface area (Å²) in [4.78, 5) is 13.9. The molecule has 18 heavy (non-hydrogen) atoms. The zero-order valence-corrected chi connectivity index (χ0v) is 11.6. The Morgan fingerprint density at radius 2 is 1.83 bits per heavy atom. The minimum Gasteiger partial charge on any atom is -0.550 e. The van der Waals surface area contributed by atoms with Crippen LogP contribution in [-0.4, -0.2) is 29.0 Å². The fraction of sp³-hybridized carbons (Fsp3) is 0.929. The summed E-state index contributed by atoms with van der Waals surface area (Å²) in [6.45, 7) is 2.28. The van der Waals surface area contributed by atoms with Crippen LogP contribution in [0, 0.1) is 11.8 Å². The van der Waals surface area contributed by atoms with Gasteiger partial charge in [-0.2, -0.15) is 0 Å². The second-order valence-corrected chi connectivity index (χ2v) is 6.33. The topological polar surface area (TPSA) is 43.4 Å². The van der Waals surface area contributed by atoms with Crippen LogP contribution in [0.15, 0.2) is 0 Å². The maximum atomic E-state index is 11.3. The standard InChI is InChI=1S/C14H23NO2.Li/c1-9-7-11-4-2-3-10-5-6-12(14(16)17)13(8-9)15(10)11;/h9-13H,2-8H2,1H3,(H,16,17);/q;+1/p-1/t9-,10-,11+,12+,13+;/m1./s1. The first kappa shape index (κ1) is 14.4. The van der Waals surface area contributed by atoms with E-state index in [0.29, 0.717) is 18.0 Å². The number of hydrogen-bond donors (Lipinski definition) is 0. The summed E-state index contributed by atoms with van der Waals surface area (Å²) < 4.78 is 0. The zero-order chi connectivity index (χ0) is 12.0. The Labute approximate surface area is 121 Å². The van der Waals surface area contributed by atoms with E-state index in [2.05, 4.69) is 11.8 Å². The van der Waals surface area contributed by atoms with E-state index in [1.54, 1.807) is 0 Å². The zero-order valence-electron chi connectivity index (χ0n) is 11.6. The van der Waals surface area contributed by atoms with Gasteiger partial charge < -0.3 is 9.90 Å². The van der Waals surface area contributed by atoms with Gasteiger partial charge in [0.2, 0.25) is 0 Å². The number of carboxylic acids is 1. The Kier molecular flexibility index (Phi) is 4.47. The third-order valence-electron chi connectivity index (χ3n) is 5.20. The first-order valence-electron chi connectivity index (χ1n) is 7.15. The van der Waals surface area contributed by atoms with Crippen LogP contribution in [-0.2, 0) is 4.79 Å². The molecule has 3 heterocycles. The minimum atomic E-state index is -0.813. The molecule has 0 amide bonds. The van der Waals surface area contributed by atoms with Crippen LogP contribution in [0.5, 0.6) is 0 Å². The van der Waals surface area contributed by atoms with Gasteiger partial charge in [-0.3, -0.25) is 4.90 Å². The number of carbonyl (C=O) groups is 1. The number of nitrogens with zero attached hydrogens (tertiary/aromatic N) is 1. The number of rotatable bonds is 1. The van der Waals surface area contributed by atoms with Crippen LogP contribution in [0.4, 0.5) is 0 Å². The van der Waals surface area contributed by atoms with E-state index in [9.17, 15) is 9.90 Å². The van der Waals surface area contributed by atoms with Crippen LogP contribution in [0.1, 0.15) is 51.9 Å². The van der Waals surface area contributed by atoms with Crippen molar-refractivity contribution >= 4 is 5.97 Å². The van der Waals surface area contributed by atoms with Crippen LogP contribution >= 0.6 is 0 Å². The monoisotopic (exact) mass is 243 g/mol. The fourth-order valence-electron chi connectivity index (χ4n) is 4.57. The molecule has 0 radical (unpaired) electrons. The molecule has 0 aromatic rings.